The fourth-order valence-corrected chi connectivity index (χ4v) is 2.07. The first-order chi connectivity index (χ1) is 9.70. The van der Waals surface area contributed by atoms with E-state index >= 15 is 0 Å². The lowest BCUT2D eigenvalue weighted by Crippen LogP contribution is -2.14. The fourth-order valence-electron chi connectivity index (χ4n) is 2.07. The second-order valence-corrected chi connectivity index (χ2v) is 5.02. The average Bonchev–Trinajstić information content (AvgIpc) is 2.44. The maximum atomic E-state index is 5.97. The van der Waals surface area contributed by atoms with Crippen molar-refractivity contribution in [1.82, 2.24) is 10.3 Å². The molecule has 1 heterocycles. The normalized spacial score (nSPS) is 10.6. The summed E-state index contributed by atoms with van der Waals surface area (Å²) in [6.45, 7) is 8.07. The molecule has 0 atom stereocenters. The monoisotopic (exact) mass is 270 g/mol. The smallest absolute Gasteiger partial charge is 0.223 e. The predicted octanol–water partition coefficient (Wildman–Crippen LogP) is 3.99. The number of benzene rings is 1. The molecule has 0 aliphatic heterocycles. The van der Waals surface area contributed by atoms with Crippen LogP contribution < -0.4 is 10.1 Å². The van der Waals surface area contributed by atoms with Crippen molar-refractivity contribution >= 4 is 0 Å². The first kappa shape index (κ1) is 14.5. The van der Waals surface area contributed by atoms with Crippen molar-refractivity contribution in [1.29, 1.82) is 0 Å². The summed E-state index contributed by atoms with van der Waals surface area (Å²) in [5, 5.41) is 3.38. The Hall–Kier alpha value is -1.87. The fraction of sp³-hybridized carbons (Fsp3) is 0.353. The summed E-state index contributed by atoms with van der Waals surface area (Å²) in [6.07, 6.45) is 2.88. The molecule has 1 N–H and O–H groups in total. The number of hydrogen-bond acceptors (Lipinski definition) is 3. The van der Waals surface area contributed by atoms with Gasteiger partial charge in [-0.25, -0.2) is 4.98 Å². The number of pyridine rings is 1. The quantitative estimate of drug-likeness (QED) is 0.806. The minimum Gasteiger partial charge on any atom is -0.438 e. The third-order valence-corrected chi connectivity index (χ3v) is 3.13. The molecule has 0 saturated carbocycles. The van der Waals surface area contributed by atoms with Gasteiger partial charge in [0.2, 0.25) is 5.88 Å². The third-order valence-electron chi connectivity index (χ3n) is 3.13. The molecule has 0 aliphatic rings. The van der Waals surface area contributed by atoms with E-state index in [0.717, 1.165) is 36.4 Å². The topological polar surface area (TPSA) is 34.2 Å². The highest BCUT2D eigenvalue weighted by Gasteiger charge is 2.07. The first-order valence-electron chi connectivity index (χ1n) is 7.10. The highest BCUT2D eigenvalue weighted by atomic mass is 16.5. The van der Waals surface area contributed by atoms with Gasteiger partial charge in [-0.15, -0.1) is 0 Å². The molecule has 3 nitrogen and oxygen atoms in total. The number of hydrogen-bond donors (Lipinski definition) is 1. The van der Waals surface area contributed by atoms with Gasteiger partial charge >= 0.3 is 0 Å². The number of nitrogens with one attached hydrogen (secondary N) is 1. The molecule has 0 amide bonds. The zero-order valence-corrected chi connectivity index (χ0v) is 12.4. The van der Waals surface area contributed by atoms with Gasteiger partial charge in [0.25, 0.3) is 0 Å². The summed E-state index contributed by atoms with van der Waals surface area (Å²) < 4.78 is 5.97. The molecule has 0 spiro atoms. The molecule has 0 bridgehead atoms. The minimum absolute atomic E-state index is 0.683. The summed E-state index contributed by atoms with van der Waals surface area (Å²) in [5.41, 5.74) is 3.45. The van der Waals surface area contributed by atoms with Crippen LogP contribution in [0.5, 0.6) is 11.6 Å². The molecule has 0 unspecified atom stereocenters. The van der Waals surface area contributed by atoms with Gasteiger partial charge in [0.1, 0.15) is 5.75 Å². The van der Waals surface area contributed by atoms with Crippen LogP contribution >= 0.6 is 0 Å². The van der Waals surface area contributed by atoms with Crippen LogP contribution in [0, 0.1) is 13.8 Å². The molecular formula is C17H22N2O. The number of ether oxygens (including phenoxy) is 1. The minimum atomic E-state index is 0.683. The van der Waals surface area contributed by atoms with Gasteiger partial charge in [-0.2, -0.15) is 0 Å². The number of aromatic nitrogens is 1. The number of nitrogens with zero attached hydrogens (tertiary/aromatic N) is 1. The lowest BCUT2D eigenvalue weighted by atomic mass is 10.1. The molecular weight excluding hydrogens is 248 g/mol. The first-order valence-corrected chi connectivity index (χ1v) is 7.10. The van der Waals surface area contributed by atoms with Gasteiger partial charge in [-0.05, 0) is 44.5 Å². The molecule has 1 aromatic heterocycles. The lowest BCUT2D eigenvalue weighted by Gasteiger charge is -2.12. The zero-order chi connectivity index (χ0) is 14.4. The van der Waals surface area contributed by atoms with Gasteiger partial charge < -0.3 is 10.1 Å². The van der Waals surface area contributed by atoms with Crippen LogP contribution in [-0.2, 0) is 6.54 Å². The molecule has 1 aromatic carbocycles. The van der Waals surface area contributed by atoms with E-state index in [0.29, 0.717) is 5.88 Å². The van der Waals surface area contributed by atoms with E-state index in [-0.39, 0.29) is 0 Å². The van der Waals surface area contributed by atoms with Crippen LogP contribution in [0.3, 0.4) is 0 Å². The molecule has 20 heavy (non-hydrogen) atoms. The van der Waals surface area contributed by atoms with E-state index in [1.807, 2.05) is 12.1 Å². The van der Waals surface area contributed by atoms with Crippen molar-refractivity contribution < 1.29 is 4.74 Å². The van der Waals surface area contributed by atoms with Crippen LogP contribution in [0.2, 0.25) is 0 Å². The Morgan fingerprint density at radius 2 is 2.05 bits per heavy atom. The SMILES string of the molecule is CCCNCc1cccnc1Oc1ccc(C)cc1C. The Kier molecular flexibility index (Phi) is 5.13. The zero-order valence-electron chi connectivity index (χ0n) is 12.4. The molecule has 0 saturated heterocycles. The maximum absolute atomic E-state index is 5.97. The number of rotatable bonds is 6. The Morgan fingerprint density at radius 1 is 1.20 bits per heavy atom. The van der Waals surface area contributed by atoms with E-state index in [1.165, 1.54) is 5.56 Å². The second-order valence-electron chi connectivity index (χ2n) is 5.02. The largest absolute Gasteiger partial charge is 0.438 e. The summed E-state index contributed by atoms with van der Waals surface area (Å²) in [6, 6.07) is 10.2. The van der Waals surface area contributed by atoms with Gasteiger partial charge in [0.05, 0.1) is 0 Å². The summed E-state index contributed by atoms with van der Waals surface area (Å²) in [4.78, 5) is 4.35. The lowest BCUT2D eigenvalue weighted by molar-refractivity contribution is 0.449. The molecule has 2 rings (SSSR count). The van der Waals surface area contributed by atoms with Gasteiger partial charge in [-0.1, -0.05) is 30.7 Å². The highest BCUT2D eigenvalue weighted by Crippen LogP contribution is 2.26. The van der Waals surface area contributed by atoms with E-state index in [1.54, 1.807) is 6.20 Å². The highest BCUT2D eigenvalue weighted by molar-refractivity contribution is 5.39. The standard InChI is InChI=1S/C17H22N2O/c1-4-9-18-12-15-6-5-10-19-17(15)20-16-8-7-13(2)11-14(16)3/h5-8,10-11,18H,4,9,12H2,1-3H3. The summed E-state index contributed by atoms with van der Waals surface area (Å²) in [5.74, 6) is 1.55. The van der Waals surface area contributed by atoms with Crippen molar-refractivity contribution in [2.45, 2.75) is 33.7 Å². The van der Waals surface area contributed by atoms with E-state index in [9.17, 15) is 0 Å². The van der Waals surface area contributed by atoms with Crippen molar-refractivity contribution in [2.24, 2.45) is 0 Å². The van der Waals surface area contributed by atoms with Gasteiger partial charge in [0, 0.05) is 18.3 Å². The van der Waals surface area contributed by atoms with Crippen molar-refractivity contribution in [2.75, 3.05) is 6.54 Å². The van der Waals surface area contributed by atoms with Crippen LogP contribution in [0.1, 0.15) is 30.0 Å². The second kappa shape index (κ2) is 7.06. The van der Waals surface area contributed by atoms with Crippen LogP contribution in [0.4, 0.5) is 0 Å². The van der Waals surface area contributed by atoms with E-state index in [4.69, 9.17) is 4.74 Å². The van der Waals surface area contributed by atoms with Crippen molar-refractivity contribution in [3.63, 3.8) is 0 Å². The Labute approximate surface area is 121 Å². The van der Waals surface area contributed by atoms with Crippen molar-refractivity contribution in [3.8, 4) is 11.6 Å². The van der Waals surface area contributed by atoms with Crippen LogP contribution in [0.25, 0.3) is 0 Å². The Balaban J connectivity index is 2.16. The molecule has 3 heteroatoms. The van der Waals surface area contributed by atoms with Crippen molar-refractivity contribution in [3.05, 3.63) is 53.2 Å². The Bertz CT molecular complexity index is 567. The van der Waals surface area contributed by atoms with Crippen LogP contribution in [-0.4, -0.2) is 11.5 Å². The molecule has 106 valence electrons. The Morgan fingerprint density at radius 3 is 2.80 bits per heavy atom. The van der Waals surface area contributed by atoms with Gasteiger partial charge in [0.15, 0.2) is 0 Å². The molecule has 0 radical (unpaired) electrons. The van der Waals surface area contributed by atoms with E-state index < -0.39 is 0 Å². The third kappa shape index (κ3) is 3.81. The number of aryl methyl sites for hydroxylation is 2. The summed E-state index contributed by atoms with van der Waals surface area (Å²) in [7, 11) is 0. The van der Waals surface area contributed by atoms with E-state index in [2.05, 4.69) is 49.3 Å². The maximum Gasteiger partial charge on any atom is 0.223 e. The molecule has 0 aliphatic carbocycles. The molecule has 2 aromatic rings. The average molecular weight is 270 g/mol. The molecule has 0 fully saturated rings. The van der Waals surface area contributed by atoms with Gasteiger partial charge in [-0.3, -0.25) is 0 Å². The predicted molar refractivity (Wildman–Crippen MR) is 82.2 cm³/mol. The summed E-state index contributed by atoms with van der Waals surface area (Å²) >= 11 is 0. The van der Waals surface area contributed by atoms with Crippen LogP contribution in [0.15, 0.2) is 36.5 Å².